The van der Waals surface area contributed by atoms with Crippen LogP contribution in [-0.4, -0.2) is 20.7 Å². The van der Waals surface area contributed by atoms with E-state index in [9.17, 15) is 0 Å². The molecule has 0 spiro atoms. The summed E-state index contributed by atoms with van der Waals surface area (Å²) in [5, 5.41) is 4.63. The van der Waals surface area contributed by atoms with Crippen molar-refractivity contribution in [1.29, 1.82) is 0 Å². The molecule has 218 valence electrons. The Hall–Kier alpha value is -6.33. The van der Waals surface area contributed by atoms with Crippen LogP contribution in [0.2, 0.25) is 0 Å². The second-order valence-corrected chi connectivity index (χ2v) is 11.1. The summed E-state index contributed by atoms with van der Waals surface area (Å²) >= 11 is 0. The monoisotopic (exact) mass is 591 g/mol. The first-order chi connectivity index (χ1) is 22.8. The smallest absolute Gasteiger partial charge is 0.145 e. The third-order valence-corrected chi connectivity index (χ3v) is 8.08. The van der Waals surface area contributed by atoms with E-state index in [1.54, 1.807) is 0 Å². The quantitative estimate of drug-likeness (QED) is 0.188. The molecular weight excluding hydrogens is 562 g/mol. The number of anilines is 2. The van der Waals surface area contributed by atoms with Gasteiger partial charge in [-0.05, 0) is 83.4 Å². The first-order valence-corrected chi connectivity index (χ1v) is 15.3. The van der Waals surface area contributed by atoms with E-state index >= 15 is 0 Å². The maximum atomic E-state index is 5.03. The number of pyridine rings is 1. The van der Waals surface area contributed by atoms with Crippen LogP contribution >= 0.6 is 0 Å². The van der Waals surface area contributed by atoms with Crippen molar-refractivity contribution in [3.8, 4) is 28.2 Å². The van der Waals surface area contributed by atoms with Crippen molar-refractivity contribution in [3.63, 3.8) is 0 Å². The molecule has 0 atom stereocenters. The van der Waals surface area contributed by atoms with Crippen molar-refractivity contribution in [2.45, 2.75) is 0 Å². The van der Waals surface area contributed by atoms with Gasteiger partial charge in [-0.2, -0.15) is 0 Å². The van der Waals surface area contributed by atoms with Crippen LogP contribution in [0.4, 0.5) is 17.1 Å². The molecule has 0 aliphatic heterocycles. The minimum Gasteiger partial charge on any atom is -0.354 e. The van der Waals surface area contributed by atoms with Gasteiger partial charge in [-0.1, -0.05) is 91.0 Å². The van der Waals surface area contributed by atoms with Gasteiger partial charge in [0.1, 0.15) is 5.82 Å². The molecule has 0 fully saturated rings. The van der Waals surface area contributed by atoms with Crippen LogP contribution in [-0.2, 0) is 0 Å². The van der Waals surface area contributed by atoms with Gasteiger partial charge in [-0.3, -0.25) is 14.5 Å². The van der Waals surface area contributed by atoms with Crippen LogP contribution in [0.15, 0.2) is 169 Å². The number of hydrogen-bond acceptors (Lipinski definition) is 4. The number of rotatable bonds is 7. The van der Waals surface area contributed by atoms with Crippen LogP contribution in [0.25, 0.3) is 50.1 Å². The summed E-state index contributed by atoms with van der Waals surface area (Å²) in [6.07, 6.45) is 3.73. The van der Waals surface area contributed by atoms with E-state index in [2.05, 4.69) is 130 Å². The Morgan fingerprint density at radius 1 is 0.587 bits per heavy atom. The minimum absolute atomic E-state index is 0.850. The fourth-order valence-electron chi connectivity index (χ4n) is 5.79. The number of benzene rings is 6. The Bertz CT molecular complexity index is 2320. The molecule has 0 aliphatic rings. The molecule has 0 aliphatic carbocycles. The number of imidazole rings is 1. The van der Waals surface area contributed by atoms with Crippen molar-refractivity contribution < 1.29 is 0 Å². The molecular formula is C41H29N5. The Morgan fingerprint density at radius 3 is 2.17 bits per heavy atom. The van der Waals surface area contributed by atoms with Crippen molar-refractivity contribution in [2.75, 3.05) is 5.32 Å². The second-order valence-electron chi connectivity index (χ2n) is 11.1. The SMILES string of the molecule is C(=Nc1cc(-c2ccc(-c3nc4ccccc4n3-c3ccccc3)cc2)ccc1Nc1ccccc1)c1ccc2ncccc2c1. The lowest BCUT2D eigenvalue weighted by Gasteiger charge is -2.13. The third-order valence-electron chi connectivity index (χ3n) is 8.08. The molecule has 0 radical (unpaired) electrons. The molecule has 8 rings (SSSR count). The van der Waals surface area contributed by atoms with Crippen LogP contribution < -0.4 is 5.32 Å². The lowest BCUT2D eigenvalue weighted by Crippen LogP contribution is -1.97. The van der Waals surface area contributed by atoms with Gasteiger partial charge in [-0.15, -0.1) is 0 Å². The topological polar surface area (TPSA) is 55.1 Å². The summed E-state index contributed by atoms with van der Waals surface area (Å²) in [5.41, 5.74) is 11.1. The van der Waals surface area contributed by atoms with Crippen molar-refractivity contribution in [2.24, 2.45) is 4.99 Å². The Kier molecular flexibility index (Phi) is 7.09. The van der Waals surface area contributed by atoms with E-state index in [1.807, 2.05) is 54.9 Å². The van der Waals surface area contributed by atoms with E-state index in [0.29, 0.717) is 0 Å². The fraction of sp³-hybridized carbons (Fsp3) is 0. The molecule has 0 saturated carbocycles. The average molecular weight is 592 g/mol. The first kappa shape index (κ1) is 27.2. The molecule has 0 unspecified atom stereocenters. The standard InChI is InChI=1S/C41H29N5/c1-3-11-34(12-4-1)44-37-24-22-32(27-39(37)43-28-29-17-23-36-33(26-29)10-9-25-42-36)30-18-20-31(21-19-30)41-45-38-15-7-8-16-40(38)46(41)35-13-5-2-6-14-35/h1-28,44H. The van der Waals surface area contributed by atoms with Gasteiger partial charge in [0.15, 0.2) is 0 Å². The molecule has 0 bridgehead atoms. The Balaban J connectivity index is 1.16. The summed E-state index contributed by atoms with van der Waals surface area (Å²) in [7, 11) is 0. The summed E-state index contributed by atoms with van der Waals surface area (Å²) in [6.45, 7) is 0. The molecule has 2 aromatic heterocycles. The third kappa shape index (κ3) is 5.42. The number of aliphatic imine (C=N–C) groups is 1. The van der Waals surface area contributed by atoms with Crippen LogP contribution in [0, 0.1) is 0 Å². The highest BCUT2D eigenvalue weighted by Crippen LogP contribution is 2.35. The Labute approximate surface area is 267 Å². The predicted octanol–water partition coefficient (Wildman–Crippen LogP) is 10.4. The van der Waals surface area contributed by atoms with Gasteiger partial charge in [0.05, 0.1) is 27.9 Å². The number of hydrogen-bond donors (Lipinski definition) is 1. The summed E-state index contributed by atoms with van der Waals surface area (Å²) < 4.78 is 2.23. The number of para-hydroxylation sites is 4. The fourth-order valence-corrected chi connectivity index (χ4v) is 5.79. The molecule has 1 N–H and O–H groups in total. The normalized spacial score (nSPS) is 11.4. The Morgan fingerprint density at radius 2 is 1.33 bits per heavy atom. The van der Waals surface area contributed by atoms with Gasteiger partial charge in [0, 0.05) is 34.7 Å². The molecule has 2 heterocycles. The van der Waals surface area contributed by atoms with Crippen molar-refractivity contribution >= 4 is 45.2 Å². The number of nitrogens with zero attached hydrogens (tertiary/aromatic N) is 4. The number of aromatic nitrogens is 3. The lowest BCUT2D eigenvalue weighted by molar-refractivity contribution is 1.10. The molecule has 0 amide bonds. The summed E-state index contributed by atoms with van der Waals surface area (Å²) in [5.74, 6) is 0.914. The first-order valence-electron chi connectivity index (χ1n) is 15.3. The van der Waals surface area contributed by atoms with Gasteiger partial charge in [0.2, 0.25) is 0 Å². The number of fused-ring (bicyclic) bond motifs is 2. The van der Waals surface area contributed by atoms with Gasteiger partial charge in [0.25, 0.3) is 0 Å². The minimum atomic E-state index is 0.850. The molecule has 5 nitrogen and oxygen atoms in total. The van der Waals surface area contributed by atoms with Gasteiger partial charge in [-0.25, -0.2) is 4.98 Å². The van der Waals surface area contributed by atoms with E-state index in [1.165, 1.54) is 0 Å². The number of nitrogens with one attached hydrogen (secondary N) is 1. The van der Waals surface area contributed by atoms with E-state index in [-0.39, 0.29) is 0 Å². The van der Waals surface area contributed by atoms with E-state index < -0.39 is 0 Å². The van der Waals surface area contributed by atoms with Gasteiger partial charge < -0.3 is 5.32 Å². The largest absolute Gasteiger partial charge is 0.354 e. The van der Waals surface area contributed by atoms with Crippen LogP contribution in [0.1, 0.15) is 5.56 Å². The zero-order valence-corrected chi connectivity index (χ0v) is 25.0. The van der Waals surface area contributed by atoms with Crippen LogP contribution in [0.3, 0.4) is 0 Å². The van der Waals surface area contributed by atoms with E-state index in [0.717, 1.165) is 72.8 Å². The highest BCUT2D eigenvalue weighted by molar-refractivity contribution is 5.91. The zero-order chi connectivity index (χ0) is 30.7. The second kappa shape index (κ2) is 12.0. The molecule has 5 heteroatoms. The summed E-state index contributed by atoms with van der Waals surface area (Å²) in [6, 6.07) is 54.1. The summed E-state index contributed by atoms with van der Waals surface area (Å²) in [4.78, 5) is 14.5. The zero-order valence-electron chi connectivity index (χ0n) is 25.0. The van der Waals surface area contributed by atoms with Crippen LogP contribution in [0.5, 0.6) is 0 Å². The van der Waals surface area contributed by atoms with Gasteiger partial charge >= 0.3 is 0 Å². The highest BCUT2D eigenvalue weighted by atomic mass is 15.1. The maximum absolute atomic E-state index is 5.03. The van der Waals surface area contributed by atoms with Crippen molar-refractivity contribution in [3.05, 3.63) is 169 Å². The molecule has 6 aromatic carbocycles. The van der Waals surface area contributed by atoms with E-state index in [4.69, 9.17) is 9.98 Å². The average Bonchev–Trinajstić information content (AvgIpc) is 3.52. The molecule has 8 aromatic rings. The lowest BCUT2D eigenvalue weighted by atomic mass is 10.0. The van der Waals surface area contributed by atoms with Crippen molar-refractivity contribution in [1.82, 2.24) is 14.5 Å². The highest BCUT2D eigenvalue weighted by Gasteiger charge is 2.14. The molecule has 46 heavy (non-hydrogen) atoms. The maximum Gasteiger partial charge on any atom is 0.145 e. The molecule has 0 saturated heterocycles. The predicted molar refractivity (Wildman–Crippen MR) is 191 cm³/mol.